The summed E-state index contributed by atoms with van der Waals surface area (Å²) >= 11 is 0. The number of likely N-dealkylation sites (N-methyl/N-ethyl adjacent to an activating group) is 1. The molecule has 0 aromatic carbocycles. The van der Waals surface area contributed by atoms with Gasteiger partial charge in [0.1, 0.15) is 6.04 Å². The molecule has 1 aliphatic heterocycles. The van der Waals surface area contributed by atoms with Gasteiger partial charge in [0.15, 0.2) is 0 Å². The van der Waals surface area contributed by atoms with Crippen molar-refractivity contribution < 1.29 is 20.1 Å². The van der Waals surface area contributed by atoms with Crippen LogP contribution in [-0.4, -0.2) is 59.2 Å². The molecule has 4 atom stereocenters. The Morgan fingerprint density at radius 2 is 2.14 bits per heavy atom. The van der Waals surface area contributed by atoms with Crippen LogP contribution in [0.4, 0.5) is 0 Å². The first-order valence-electron chi connectivity index (χ1n) is 4.54. The molecule has 1 saturated heterocycles. The summed E-state index contributed by atoms with van der Waals surface area (Å²) in [6, 6.07) is -1.32. The first-order valence-corrected chi connectivity index (χ1v) is 4.54. The summed E-state index contributed by atoms with van der Waals surface area (Å²) < 4.78 is 0. The first-order chi connectivity index (χ1) is 6.60. The van der Waals surface area contributed by atoms with E-state index in [0.717, 1.165) is 0 Å². The smallest absolute Gasteiger partial charge is 0.239 e. The Hall–Kier alpha value is -0.690. The Balaban J connectivity index is 2.64. The van der Waals surface area contributed by atoms with Crippen molar-refractivity contribution in [2.45, 2.75) is 30.7 Å². The first kappa shape index (κ1) is 11.4. The molecule has 0 spiro atoms. The zero-order valence-electron chi connectivity index (χ0n) is 7.97. The van der Waals surface area contributed by atoms with Gasteiger partial charge in [0, 0.05) is 13.5 Å². The lowest BCUT2D eigenvalue weighted by atomic mass is 9.93. The SMILES string of the molecule is CNC(=O)[C@H]1NC(CO)[C@@H](O)C[C@@H]1O. The summed E-state index contributed by atoms with van der Waals surface area (Å²) in [5.74, 6) is -0.345. The Morgan fingerprint density at radius 3 is 2.64 bits per heavy atom. The maximum atomic E-state index is 11.2. The molecule has 6 heteroatoms. The molecule has 0 aromatic heterocycles. The maximum Gasteiger partial charge on any atom is 0.239 e. The van der Waals surface area contributed by atoms with Crippen LogP contribution in [0.25, 0.3) is 0 Å². The number of aliphatic hydroxyl groups excluding tert-OH is 3. The van der Waals surface area contributed by atoms with E-state index >= 15 is 0 Å². The van der Waals surface area contributed by atoms with E-state index < -0.39 is 24.3 Å². The van der Waals surface area contributed by atoms with Gasteiger partial charge in [-0.25, -0.2) is 0 Å². The number of carbonyl (C=O) groups excluding carboxylic acids is 1. The molecule has 1 unspecified atom stereocenters. The van der Waals surface area contributed by atoms with Gasteiger partial charge < -0.3 is 20.6 Å². The lowest BCUT2D eigenvalue weighted by molar-refractivity contribution is -0.129. The van der Waals surface area contributed by atoms with Crippen LogP contribution >= 0.6 is 0 Å². The van der Waals surface area contributed by atoms with Gasteiger partial charge in [0.2, 0.25) is 5.91 Å². The van der Waals surface area contributed by atoms with Gasteiger partial charge >= 0.3 is 0 Å². The molecule has 1 fully saturated rings. The summed E-state index contributed by atoms with van der Waals surface area (Å²) in [5, 5.41) is 32.9. The Bertz CT molecular complexity index is 212. The summed E-state index contributed by atoms with van der Waals surface area (Å²) in [6.45, 7) is -0.263. The zero-order chi connectivity index (χ0) is 10.7. The molecule has 1 amide bonds. The van der Waals surface area contributed by atoms with Crippen LogP contribution < -0.4 is 10.6 Å². The topological polar surface area (TPSA) is 102 Å². The van der Waals surface area contributed by atoms with E-state index in [0.29, 0.717) is 0 Å². The van der Waals surface area contributed by atoms with Crippen molar-refractivity contribution in [1.82, 2.24) is 10.6 Å². The molecule has 82 valence electrons. The van der Waals surface area contributed by atoms with Crippen LogP contribution in [0.1, 0.15) is 6.42 Å². The highest BCUT2D eigenvalue weighted by atomic mass is 16.3. The molecule has 14 heavy (non-hydrogen) atoms. The average molecular weight is 204 g/mol. The largest absolute Gasteiger partial charge is 0.395 e. The molecule has 1 aliphatic rings. The predicted octanol–water partition coefficient (Wildman–Crippen LogP) is -2.82. The normalized spacial score (nSPS) is 38.0. The molecule has 5 N–H and O–H groups in total. The summed E-state index contributed by atoms with van der Waals surface area (Å²) in [7, 11) is 1.47. The molecule has 6 nitrogen and oxygen atoms in total. The third-order valence-electron chi connectivity index (χ3n) is 2.45. The number of hydrogen-bond acceptors (Lipinski definition) is 5. The number of hydrogen-bond donors (Lipinski definition) is 5. The number of nitrogens with one attached hydrogen (secondary N) is 2. The standard InChI is InChI=1S/C8H16N2O4/c1-9-8(14)7-6(13)2-5(12)4(3-11)10-7/h4-7,10-13H,2-3H2,1H3,(H,9,14)/t4?,5-,6-,7-/m0/s1. The van der Waals surface area contributed by atoms with E-state index in [4.69, 9.17) is 5.11 Å². The van der Waals surface area contributed by atoms with Crippen molar-refractivity contribution in [2.24, 2.45) is 0 Å². The fourth-order valence-corrected chi connectivity index (χ4v) is 1.58. The fraction of sp³-hybridized carbons (Fsp3) is 0.875. The molecule has 0 aliphatic carbocycles. The van der Waals surface area contributed by atoms with Crippen LogP contribution in [0.3, 0.4) is 0 Å². The Morgan fingerprint density at radius 1 is 1.50 bits per heavy atom. The van der Waals surface area contributed by atoms with Crippen LogP contribution in [0.15, 0.2) is 0 Å². The van der Waals surface area contributed by atoms with E-state index in [2.05, 4.69) is 10.6 Å². The lowest BCUT2D eigenvalue weighted by Crippen LogP contribution is -2.63. The van der Waals surface area contributed by atoms with Gasteiger partial charge in [-0.05, 0) is 0 Å². The molecule has 0 saturated carbocycles. The van der Waals surface area contributed by atoms with Crippen molar-refractivity contribution in [1.29, 1.82) is 0 Å². The number of piperidine rings is 1. The predicted molar refractivity (Wildman–Crippen MR) is 48.5 cm³/mol. The average Bonchev–Trinajstić information content (AvgIpc) is 2.17. The minimum atomic E-state index is -0.923. The van der Waals surface area contributed by atoms with Gasteiger partial charge in [-0.2, -0.15) is 0 Å². The highest BCUT2D eigenvalue weighted by Crippen LogP contribution is 2.14. The fourth-order valence-electron chi connectivity index (χ4n) is 1.58. The molecular formula is C8H16N2O4. The van der Waals surface area contributed by atoms with Crippen LogP contribution in [0.2, 0.25) is 0 Å². The van der Waals surface area contributed by atoms with Crippen LogP contribution in [0.5, 0.6) is 0 Å². The van der Waals surface area contributed by atoms with Gasteiger partial charge in [-0.15, -0.1) is 0 Å². The monoisotopic (exact) mass is 204 g/mol. The number of carbonyl (C=O) groups is 1. The van der Waals surface area contributed by atoms with E-state index in [1.54, 1.807) is 0 Å². The number of aliphatic hydroxyl groups is 3. The number of amides is 1. The van der Waals surface area contributed by atoms with E-state index in [9.17, 15) is 15.0 Å². The van der Waals surface area contributed by atoms with Crippen molar-refractivity contribution in [3.05, 3.63) is 0 Å². The van der Waals surface area contributed by atoms with Gasteiger partial charge in [0.25, 0.3) is 0 Å². The van der Waals surface area contributed by atoms with Gasteiger partial charge in [-0.1, -0.05) is 0 Å². The molecule has 1 rings (SSSR count). The van der Waals surface area contributed by atoms with Crippen molar-refractivity contribution in [3.8, 4) is 0 Å². The molecule has 0 bridgehead atoms. The zero-order valence-corrected chi connectivity index (χ0v) is 7.97. The number of rotatable bonds is 2. The van der Waals surface area contributed by atoms with Crippen molar-refractivity contribution in [3.63, 3.8) is 0 Å². The highest BCUT2D eigenvalue weighted by molar-refractivity contribution is 5.82. The highest BCUT2D eigenvalue weighted by Gasteiger charge is 2.37. The second-order valence-corrected chi connectivity index (χ2v) is 3.42. The second-order valence-electron chi connectivity index (χ2n) is 3.42. The summed E-state index contributed by atoms with van der Waals surface area (Å²) in [5.41, 5.74) is 0. The molecule has 1 heterocycles. The minimum Gasteiger partial charge on any atom is -0.395 e. The van der Waals surface area contributed by atoms with Crippen molar-refractivity contribution in [2.75, 3.05) is 13.7 Å². The van der Waals surface area contributed by atoms with E-state index in [1.165, 1.54) is 7.05 Å². The lowest BCUT2D eigenvalue weighted by Gasteiger charge is -2.36. The quantitative estimate of drug-likeness (QED) is 0.334. The van der Waals surface area contributed by atoms with Crippen molar-refractivity contribution >= 4 is 5.91 Å². The molecule has 0 aromatic rings. The Kier molecular flexibility index (Phi) is 3.82. The second kappa shape index (κ2) is 4.70. The third-order valence-corrected chi connectivity index (χ3v) is 2.45. The van der Waals surface area contributed by atoms with Crippen LogP contribution in [-0.2, 0) is 4.79 Å². The summed E-state index contributed by atoms with van der Waals surface area (Å²) in [6.07, 6.45) is -1.65. The third kappa shape index (κ3) is 2.21. The minimum absolute atomic E-state index is 0.0936. The van der Waals surface area contributed by atoms with Crippen LogP contribution in [0, 0.1) is 0 Å². The van der Waals surface area contributed by atoms with Gasteiger partial charge in [-0.3, -0.25) is 10.1 Å². The summed E-state index contributed by atoms with van der Waals surface area (Å²) in [4.78, 5) is 11.2. The molecule has 0 radical (unpaired) electrons. The van der Waals surface area contributed by atoms with E-state index in [1.807, 2.05) is 0 Å². The van der Waals surface area contributed by atoms with E-state index in [-0.39, 0.29) is 18.9 Å². The maximum absolute atomic E-state index is 11.2. The Labute approximate surface area is 81.9 Å². The molecular weight excluding hydrogens is 188 g/mol. The van der Waals surface area contributed by atoms with Gasteiger partial charge in [0.05, 0.1) is 24.9 Å².